The Labute approximate surface area is 119 Å². The maximum Gasteiger partial charge on any atom is 0.322 e. The fourth-order valence-electron chi connectivity index (χ4n) is 2.41. The second-order valence-electron chi connectivity index (χ2n) is 5.21. The lowest BCUT2D eigenvalue weighted by Crippen LogP contribution is -2.41. The molecular formula is C13H21ClN4O. The molecule has 1 fully saturated rings. The number of anilines is 1. The molecule has 0 saturated carbocycles. The highest BCUT2D eigenvalue weighted by atomic mass is 35.5. The molecule has 6 heteroatoms. The normalized spacial score (nSPS) is 23.5. The molecule has 0 aromatic carbocycles. The first-order valence-corrected chi connectivity index (χ1v) is 7.29. The van der Waals surface area contributed by atoms with Crippen LogP contribution >= 0.6 is 11.6 Å². The number of hydrogen-bond acceptors (Lipinski definition) is 5. The van der Waals surface area contributed by atoms with Gasteiger partial charge >= 0.3 is 6.01 Å². The summed E-state index contributed by atoms with van der Waals surface area (Å²) in [5.41, 5.74) is 0. The number of rotatable bonds is 4. The zero-order valence-corrected chi connectivity index (χ0v) is 12.5. The van der Waals surface area contributed by atoms with Crippen LogP contribution in [0, 0.1) is 5.92 Å². The van der Waals surface area contributed by atoms with Crippen molar-refractivity contribution in [1.82, 2.24) is 15.0 Å². The molecule has 0 N–H and O–H groups in total. The van der Waals surface area contributed by atoms with Gasteiger partial charge in [0.15, 0.2) is 0 Å². The van der Waals surface area contributed by atoms with Gasteiger partial charge in [-0.05, 0) is 43.7 Å². The molecular weight excluding hydrogens is 264 g/mol. The predicted octanol–water partition coefficient (Wildman–Crippen LogP) is 2.94. The molecule has 1 aliphatic heterocycles. The number of nitrogens with zero attached hydrogens (tertiary/aromatic N) is 4. The minimum absolute atomic E-state index is 0.196. The summed E-state index contributed by atoms with van der Waals surface area (Å²) >= 11 is 5.96. The van der Waals surface area contributed by atoms with E-state index in [1.54, 1.807) is 0 Å². The molecule has 1 saturated heterocycles. The minimum Gasteiger partial charge on any atom is -0.463 e. The third kappa shape index (κ3) is 3.69. The Hall–Kier alpha value is -1.10. The monoisotopic (exact) mass is 284 g/mol. The van der Waals surface area contributed by atoms with Crippen molar-refractivity contribution in [3.63, 3.8) is 0 Å². The van der Waals surface area contributed by atoms with Crippen LogP contribution < -0.4 is 9.64 Å². The minimum atomic E-state index is 0.196. The summed E-state index contributed by atoms with van der Waals surface area (Å²) < 4.78 is 5.45. The Kier molecular flexibility index (Phi) is 4.80. The summed E-state index contributed by atoms with van der Waals surface area (Å²) in [5, 5.41) is 0.196. The molecule has 106 valence electrons. The fraction of sp³-hybridized carbons (Fsp3) is 0.769. The molecule has 1 aliphatic rings. The van der Waals surface area contributed by atoms with E-state index in [-0.39, 0.29) is 5.28 Å². The fourth-order valence-corrected chi connectivity index (χ4v) is 2.56. The average molecular weight is 285 g/mol. The van der Waals surface area contributed by atoms with Crippen molar-refractivity contribution >= 4 is 17.5 Å². The molecule has 0 spiro atoms. The van der Waals surface area contributed by atoms with Gasteiger partial charge in [0.05, 0.1) is 6.61 Å². The van der Waals surface area contributed by atoms with Crippen molar-refractivity contribution in [2.45, 2.75) is 46.1 Å². The van der Waals surface area contributed by atoms with Gasteiger partial charge < -0.3 is 9.64 Å². The van der Waals surface area contributed by atoms with Crippen LogP contribution in [-0.2, 0) is 0 Å². The van der Waals surface area contributed by atoms with Gasteiger partial charge in [-0.25, -0.2) is 0 Å². The van der Waals surface area contributed by atoms with Crippen LogP contribution in [0.5, 0.6) is 6.01 Å². The zero-order chi connectivity index (χ0) is 13.8. The first-order chi connectivity index (χ1) is 9.10. The van der Waals surface area contributed by atoms with E-state index in [1.807, 2.05) is 6.92 Å². The van der Waals surface area contributed by atoms with Crippen molar-refractivity contribution < 1.29 is 4.74 Å². The van der Waals surface area contributed by atoms with E-state index in [4.69, 9.17) is 16.3 Å². The molecule has 2 heterocycles. The van der Waals surface area contributed by atoms with Gasteiger partial charge in [0.2, 0.25) is 11.2 Å². The molecule has 2 rings (SSSR count). The second kappa shape index (κ2) is 6.37. The summed E-state index contributed by atoms with van der Waals surface area (Å²) in [6, 6.07) is 0.740. The van der Waals surface area contributed by atoms with Gasteiger partial charge in [0.25, 0.3) is 0 Å². The Bertz CT molecular complexity index is 429. The van der Waals surface area contributed by atoms with Gasteiger partial charge in [-0.2, -0.15) is 15.0 Å². The van der Waals surface area contributed by atoms with Gasteiger partial charge in [0.1, 0.15) is 0 Å². The van der Waals surface area contributed by atoms with E-state index in [9.17, 15) is 0 Å². The lowest BCUT2D eigenvalue weighted by Gasteiger charge is -2.36. The maximum atomic E-state index is 5.96. The molecule has 0 bridgehead atoms. The van der Waals surface area contributed by atoms with E-state index in [1.165, 1.54) is 0 Å². The van der Waals surface area contributed by atoms with Crippen LogP contribution in [0.4, 0.5) is 5.95 Å². The molecule has 0 aliphatic carbocycles. The van der Waals surface area contributed by atoms with Gasteiger partial charge in [-0.15, -0.1) is 0 Å². The second-order valence-corrected chi connectivity index (χ2v) is 5.55. The summed E-state index contributed by atoms with van der Waals surface area (Å²) in [6.45, 7) is 8.06. The lowest BCUT2D eigenvalue weighted by atomic mass is 9.94. The highest BCUT2D eigenvalue weighted by Crippen LogP contribution is 2.26. The quantitative estimate of drug-likeness (QED) is 0.851. The van der Waals surface area contributed by atoms with Crippen molar-refractivity contribution in [3.05, 3.63) is 5.28 Å². The first-order valence-electron chi connectivity index (χ1n) is 6.91. The number of aromatic nitrogens is 3. The number of ether oxygens (including phenoxy) is 1. The Morgan fingerprint density at radius 1 is 1.32 bits per heavy atom. The van der Waals surface area contributed by atoms with Crippen molar-refractivity contribution in [3.8, 4) is 6.01 Å². The predicted molar refractivity (Wildman–Crippen MR) is 75.8 cm³/mol. The molecule has 19 heavy (non-hydrogen) atoms. The van der Waals surface area contributed by atoms with Crippen LogP contribution in [0.3, 0.4) is 0 Å². The Morgan fingerprint density at radius 2 is 2.11 bits per heavy atom. The molecule has 1 aromatic heterocycles. The van der Waals surface area contributed by atoms with Crippen LogP contribution in [0.2, 0.25) is 5.28 Å². The molecule has 5 nitrogen and oxygen atoms in total. The van der Waals surface area contributed by atoms with Crippen molar-refractivity contribution in [2.24, 2.45) is 5.92 Å². The van der Waals surface area contributed by atoms with Crippen LogP contribution in [-0.4, -0.2) is 34.1 Å². The zero-order valence-electron chi connectivity index (χ0n) is 11.8. The third-order valence-corrected chi connectivity index (χ3v) is 3.58. The first kappa shape index (κ1) is 14.3. The molecule has 0 radical (unpaired) electrons. The van der Waals surface area contributed by atoms with Crippen molar-refractivity contribution in [1.29, 1.82) is 0 Å². The molecule has 2 atom stereocenters. The van der Waals surface area contributed by atoms with E-state index >= 15 is 0 Å². The van der Waals surface area contributed by atoms with Crippen LogP contribution in [0.1, 0.15) is 40.0 Å². The Balaban J connectivity index is 2.16. The van der Waals surface area contributed by atoms with E-state index in [2.05, 4.69) is 33.7 Å². The SMILES string of the molecule is CCCOc1nc(Cl)nc(N2CCC(C)CC2C)n1. The summed E-state index contributed by atoms with van der Waals surface area (Å²) in [7, 11) is 0. The maximum absolute atomic E-state index is 5.96. The summed E-state index contributed by atoms with van der Waals surface area (Å²) in [4.78, 5) is 14.8. The number of piperidine rings is 1. The standard InChI is InChI=1S/C13H21ClN4O/c1-4-7-19-13-16-11(14)15-12(17-13)18-6-5-9(2)8-10(18)3/h9-10H,4-8H2,1-3H3. The highest BCUT2D eigenvalue weighted by Gasteiger charge is 2.25. The number of halogens is 1. The van der Waals surface area contributed by atoms with Gasteiger partial charge in [-0.3, -0.25) is 0 Å². The van der Waals surface area contributed by atoms with E-state index in [0.29, 0.717) is 24.6 Å². The molecule has 2 unspecified atom stereocenters. The van der Waals surface area contributed by atoms with E-state index in [0.717, 1.165) is 31.7 Å². The highest BCUT2D eigenvalue weighted by molar-refractivity contribution is 6.28. The van der Waals surface area contributed by atoms with Gasteiger partial charge in [0, 0.05) is 12.6 Å². The summed E-state index contributed by atoms with van der Waals surface area (Å²) in [6.07, 6.45) is 3.21. The van der Waals surface area contributed by atoms with Crippen LogP contribution in [0.25, 0.3) is 0 Å². The summed E-state index contributed by atoms with van der Waals surface area (Å²) in [5.74, 6) is 1.38. The molecule has 1 aromatic rings. The van der Waals surface area contributed by atoms with Crippen LogP contribution in [0.15, 0.2) is 0 Å². The third-order valence-electron chi connectivity index (χ3n) is 3.41. The number of hydrogen-bond donors (Lipinski definition) is 0. The largest absolute Gasteiger partial charge is 0.463 e. The lowest BCUT2D eigenvalue weighted by molar-refractivity contribution is 0.290. The average Bonchev–Trinajstić information content (AvgIpc) is 2.35. The van der Waals surface area contributed by atoms with Gasteiger partial charge in [-0.1, -0.05) is 13.8 Å². The smallest absolute Gasteiger partial charge is 0.322 e. The topological polar surface area (TPSA) is 51.1 Å². The van der Waals surface area contributed by atoms with E-state index < -0.39 is 0 Å². The van der Waals surface area contributed by atoms with Crippen molar-refractivity contribution in [2.75, 3.05) is 18.1 Å². The Morgan fingerprint density at radius 3 is 2.79 bits per heavy atom. The molecule has 0 amide bonds.